The number of hydrogen-bond acceptors (Lipinski definition) is 4. The zero-order chi connectivity index (χ0) is 20.6. The summed E-state index contributed by atoms with van der Waals surface area (Å²) in [7, 11) is 0. The standard InChI is InChI=1S/C23H22ClNO4.ClH/c24-19-3-1-2-18(14-19)22(26)15-25-13-12-16-4-8-20(9-5-16)29-21-10-6-17(7-11-21)23(27)28;/h1-11,14,22,25-26H,12-13,15H2,(H,27,28);1H/t22-;/m1./s1. The van der Waals surface area contributed by atoms with E-state index in [1.807, 2.05) is 36.4 Å². The molecule has 0 aliphatic carbocycles. The zero-order valence-electron chi connectivity index (χ0n) is 16.1. The second kappa shape index (κ2) is 11.6. The number of nitrogens with one attached hydrogen (secondary N) is 1. The summed E-state index contributed by atoms with van der Waals surface area (Å²) in [4.78, 5) is 10.9. The number of aliphatic hydroxyl groups excluding tert-OH is 1. The lowest BCUT2D eigenvalue weighted by molar-refractivity contribution is 0.0697. The fourth-order valence-electron chi connectivity index (χ4n) is 2.83. The van der Waals surface area contributed by atoms with Crippen LogP contribution in [0, 0.1) is 0 Å². The third kappa shape index (κ3) is 7.04. The van der Waals surface area contributed by atoms with Gasteiger partial charge in [-0.1, -0.05) is 35.9 Å². The highest BCUT2D eigenvalue weighted by molar-refractivity contribution is 6.30. The Hall–Kier alpha value is -2.57. The van der Waals surface area contributed by atoms with Gasteiger partial charge in [0.1, 0.15) is 11.5 Å². The molecule has 0 aliphatic heterocycles. The summed E-state index contributed by atoms with van der Waals surface area (Å²) in [5.74, 6) is 0.301. The average Bonchev–Trinajstić information content (AvgIpc) is 2.72. The first-order valence-electron chi connectivity index (χ1n) is 9.25. The van der Waals surface area contributed by atoms with Crippen molar-refractivity contribution in [2.45, 2.75) is 12.5 Å². The predicted octanol–water partition coefficient (Wildman–Crippen LogP) is 5.12. The number of carbonyl (C=O) groups is 1. The number of carboxylic acid groups (broad SMARTS) is 1. The molecule has 0 bridgehead atoms. The van der Waals surface area contributed by atoms with Crippen LogP contribution >= 0.6 is 24.0 Å². The molecular weight excluding hydrogens is 425 g/mol. The van der Waals surface area contributed by atoms with Crippen LogP contribution in [-0.2, 0) is 6.42 Å². The summed E-state index contributed by atoms with van der Waals surface area (Å²) >= 11 is 5.95. The highest BCUT2D eigenvalue weighted by Gasteiger charge is 2.07. The Labute approximate surface area is 186 Å². The third-order valence-electron chi connectivity index (χ3n) is 4.42. The lowest BCUT2D eigenvalue weighted by atomic mass is 10.1. The maximum absolute atomic E-state index is 10.9. The van der Waals surface area contributed by atoms with Crippen molar-refractivity contribution in [1.29, 1.82) is 0 Å². The molecule has 3 aromatic rings. The van der Waals surface area contributed by atoms with Crippen molar-refractivity contribution < 1.29 is 19.7 Å². The third-order valence-corrected chi connectivity index (χ3v) is 4.66. The number of aliphatic hydroxyl groups is 1. The van der Waals surface area contributed by atoms with Crippen LogP contribution < -0.4 is 10.1 Å². The Morgan fingerprint density at radius 1 is 1.00 bits per heavy atom. The van der Waals surface area contributed by atoms with Gasteiger partial charge in [-0.3, -0.25) is 0 Å². The lowest BCUT2D eigenvalue weighted by Crippen LogP contribution is -2.23. The predicted molar refractivity (Wildman–Crippen MR) is 120 cm³/mol. The van der Waals surface area contributed by atoms with Gasteiger partial charge in [-0.2, -0.15) is 0 Å². The first-order chi connectivity index (χ1) is 14.0. The van der Waals surface area contributed by atoms with Gasteiger partial charge in [-0.15, -0.1) is 12.4 Å². The summed E-state index contributed by atoms with van der Waals surface area (Å²) < 4.78 is 5.73. The van der Waals surface area contributed by atoms with Gasteiger partial charge in [0.05, 0.1) is 11.7 Å². The van der Waals surface area contributed by atoms with Gasteiger partial charge in [0.2, 0.25) is 0 Å². The Kier molecular flexibility index (Phi) is 9.15. The molecule has 3 N–H and O–H groups in total. The van der Waals surface area contributed by atoms with Gasteiger partial charge in [0, 0.05) is 11.6 Å². The Morgan fingerprint density at radius 2 is 1.63 bits per heavy atom. The molecule has 5 nitrogen and oxygen atoms in total. The van der Waals surface area contributed by atoms with E-state index in [9.17, 15) is 9.90 Å². The van der Waals surface area contributed by atoms with Crippen molar-refractivity contribution in [2.24, 2.45) is 0 Å². The molecule has 0 unspecified atom stereocenters. The fourth-order valence-corrected chi connectivity index (χ4v) is 3.03. The van der Waals surface area contributed by atoms with Crippen LogP contribution in [0.4, 0.5) is 0 Å². The van der Waals surface area contributed by atoms with E-state index in [1.54, 1.807) is 24.3 Å². The van der Waals surface area contributed by atoms with E-state index in [0.717, 1.165) is 24.1 Å². The van der Waals surface area contributed by atoms with Gasteiger partial charge in [-0.25, -0.2) is 4.79 Å². The van der Waals surface area contributed by atoms with Gasteiger partial charge < -0.3 is 20.3 Å². The SMILES string of the molecule is Cl.O=C(O)c1ccc(Oc2ccc(CCNC[C@@H](O)c3cccc(Cl)c3)cc2)cc1. The van der Waals surface area contributed by atoms with Gasteiger partial charge in [0.15, 0.2) is 0 Å². The molecule has 7 heteroatoms. The molecule has 0 fully saturated rings. The largest absolute Gasteiger partial charge is 0.478 e. The number of hydrogen-bond donors (Lipinski definition) is 3. The molecule has 30 heavy (non-hydrogen) atoms. The van der Waals surface area contributed by atoms with Gasteiger partial charge in [-0.05, 0) is 72.6 Å². The van der Waals surface area contributed by atoms with Crippen LogP contribution in [0.15, 0.2) is 72.8 Å². The number of carboxylic acids is 1. The molecule has 0 spiro atoms. The molecule has 0 saturated carbocycles. The van der Waals surface area contributed by atoms with E-state index in [0.29, 0.717) is 23.1 Å². The molecule has 3 aromatic carbocycles. The van der Waals surface area contributed by atoms with Crippen LogP contribution in [-0.4, -0.2) is 29.3 Å². The molecule has 0 saturated heterocycles. The topological polar surface area (TPSA) is 78.8 Å². The monoisotopic (exact) mass is 447 g/mol. The molecule has 0 radical (unpaired) electrons. The molecule has 0 aromatic heterocycles. The highest BCUT2D eigenvalue weighted by Crippen LogP contribution is 2.22. The van der Waals surface area contributed by atoms with Crippen LogP contribution in [0.2, 0.25) is 5.02 Å². The van der Waals surface area contributed by atoms with Crippen molar-refractivity contribution in [1.82, 2.24) is 5.32 Å². The van der Waals surface area contributed by atoms with Crippen molar-refractivity contribution in [2.75, 3.05) is 13.1 Å². The molecule has 158 valence electrons. The zero-order valence-corrected chi connectivity index (χ0v) is 17.7. The minimum absolute atomic E-state index is 0. The summed E-state index contributed by atoms with van der Waals surface area (Å²) in [6.45, 7) is 1.18. The van der Waals surface area contributed by atoms with Crippen LogP contribution in [0.3, 0.4) is 0 Å². The average molecular weight is 448 g/mol. The second-order valence-electron chi connectivity index (χ2n) is 6.60. The molecule has 1 atom stereocenters. The lowest BCUT2D eigenvalue weighted by Gasteiger charge is -2.13. The normalized spacial score (nSPS) is 11.4. The van der Waals surface area contributed by atoms with E-state index < -0.39 is 12.1 Å². The molecule has 0 aliphatic rings. The number of aromatic carboxylic acids is 1. The molecule has 0 heterocycles. The van der Waals surface area contributed by atoms with Crippen LogP contribution in [0.5, 0.6) is 11.5 Å². The summed E-state index contributed by atoms with van der Waals surface area (Å²) in [6, 6.07) is 21.2. The molecule has 3 rings (SSSR count). The number of rotatable bonds is 9. The van der Waals surface area contributed by atoms with Gasteiger partial charge in [0.25, 0.3) is 0 Å². The maximum Gasteiger partial charge on any atom is 0.335 e. The fraction of sp³-hybridized carbons (Fsp3) is 0.174. The number of halogens is 2. The Morgan fingerprint density at radius 3 is 2.23 bits per heavy atom. The van der Waals surface area contributed by atoms with Crippen molar-refractivity contribution in [3.05, 3.63) is 94.5 Å². The quantitative estimate of drug-likeness (QED) is 0.396. The van der Waals surface area contributed by atoms with Crippen LogP contribution in [0.1, 0.15) is 27.6 Å². The van der Waals surface area contributed by atoms with E-state index in [-0.39, 0.29) is 18.0 Å². The minimum atomic E-state index is -0.963. The van der Waals surface area contributed by atoms with Crippen LogP contribution in [0.25, 0.3) is 0 Å². The minimum Gasteiger partial charge on any atom is -0.478 e. The Balaban J connectivity index is 0.00000320. The van der Waals surface area contributed by atoms with Crippen molar-refractivity contribution in [3.63, 3.8) is 0 Å². The number of benzene rings is 3. The summed E-state index contributed by atoms with van der Waals surface area (Å²) in [6.07, 6.45) is 0.215. The molecular formula is C23H23Cl2NO4. The smallest absolute Gasteiger partial charge is 0.335 e. The summed E-state index contributed by atoms with van der Waals surface area (Å²) in [5, 5.41) is 23.0. The first-order valence-corrected chi connectivity index (χ1v) is 9.63. The second-order valence-corrected chi connectivity index (χ2v) is 7.04. The van der Waals surface area contributed by atoms with E-state index in [1.165, 1.54) is 12.1 Å². The molecule has 0 amide bonds. The van der Waals surface area contributed by atoms with Crippen molar-refractivity contribution in [3.8, 4) is 11.5 Å². The summed E-state index contributed by atoms with van der Waals surface area (Å²) in [5.41, 5.74) is 2.16. The van der Waals surface area contributed by atoms with E-state index >= 15 is 0 Å². The van der Waals surface area contributed by atoms with Crippen molar-refractivity contribution >= 4 is 30.0 Å². The maximum atomic E-state index is 10.9. The van der Waals surface area contributed by atoms with E-state index in [2.05, 4.69) is 5.32 Å². The van der Waals surface area contributed by atoms with Gasteiger partial charge >= 0.3 is 5.97 Å². The highest BCUT2D eigenvalue weighted by atomic mass is 35.5. The first kappa shape index (κ1) is 23.7. The Bertz CT molecular complexity index is 946. The van der Waals surface area contributed by atoms with E-state index in [4.69, 9.17) is 21.4 Å². The number of ether oxygens (including phenoxy) is 1.